The Bertz CT molecular complexity index is 5080. The number of benzene rings is 3. The van der Waals surface area contributed by atoms with E-state index in [9.17, 15) is 67.9 Å². The molecule has 0 amide bonds. The van der Waals surface area contributed by atoms with E-state index in [0.29, 0.717) is 11.6 Å². The van der Waals surface area contributed by atoms with E-state index in [0.717, 1.165) is 45.0 Å². The molecule has 0 fully saturated rings. The second kappa shape index (κ2) is 56.1. The van der Waals surface area contributed by atoms with Crippen LogP contribution in [-0.4, -0.2) is 143 Å². The molecular weight excluding hydrogens is 2510 g/mol. The quantitative estimate of drug-likeness (QED) is 0.0279. The molecule has 0 saturated carbocycles. The summed E-state index contributed by atoms with van der Waals surface area (Å²) < 4.78 is 128. The number of rotatable bonds is 10. The average Bonchev–Trinajstić information content (AvgIpc) is 1.61. The molecule has 0 saturated heterocycles. The van der Waals surface area contributed by atoms with Gasteiger partial charge in [0.15, 0.2) is 52.2 Å². The summed E-state index contributed by atoms with van der Waals surface area (Å²) in [6.45, 7) is 20.4. The third-order valence-corrected chi connectivity index (χ3v) is 13.9. The van der Waals surface area contributed by atoms with Crippen LogP contribution in [0.1, 0.15) is 100 Å². The Hall–Kier alpha value is -10.6. The van der Waals surface area contributed by atoms with Gasteiger partial charge in [-0.1, -0.05) is 86.6 Å². The second-order valence-corrected chi connectivity index (χ2v) is 24.8. The summed E-state index contributed by atoms with van der Waals surface area (Å²) in [6.07, 6.45) is 3.57. The number of allylic oxidation sites excluding steroid dienone is 10. The Morgan fingerprint density at radius 3 is 1.00 bits per heavy atom. The number of carbonyl (C=O) groups excluding carboxylic acids is 5. The first-order valence-electron chi connectivity index (χ1n) is 34.6. The van der Waals surface area contributed by atoms with E-state index in [-0.39, 0.29) is 188 Å². The number of amidine groups is 2. The molecule has 13 rings (SSSR count). The van der Waals surface area contributed by atoms with Gasteiger partial charge in [-0.25, -0.2) is 17.6 Å². The van der Waals surface area contributed by atoms with Crippen LogP contribution in [0.3, 0.4) is 0 Å². The minimum atomic E-state index is -5.11. The smallest absolute Gasteiger partial charge is 0.391 e. The zero-order valence-corrected chi connectivity index (χ0v) is 78.7. The number of alkyl halides is 6. The molecule has 11 aromatic rings. The molecule has 8 aromatic heterocycles. The monoisotopic (exact) mass is 2590 g/mol. The first kappa shape index (κ1) is 113. The number of aliphatic imine (C=N–C) groups is 2. The second-order valence-electron chi connectivity index (χ2n) is 24.8. The maximum atomic E-state index is 13.5. The number of aliphatic hydroxyl groups excluding tert-OH is 5. The van der Waals surface area contributed by atoms with Gasteiger partial charge in [-0.05, 0) is 206 Å². The molecular formula is C82H80F10Ir5N15O10-5. The van der Waals surface area contributed by atoms with Crippen molar-refractivity contribution in [3.63, 3.8) is 0 Å². The van der Waals surface area contributed by atoms with E-state index in [1.165, 1.54) is 142 Å². The van der Waals surface area contributed by atoms with Crippen molar-refractivity contribution in [2.45, 2.75) is 127 Å². The van der Waals surface area contributed by atoms with E-state index in [2.05, 4.69) is 89.3 Å². The van der Waals surface area contributed by atoms with Gasteiger partial charge in [-0.3, -0.25) is 48.9 Å². The van der Waals surface area contributed by atoms with Gasteiger partial charge >= 0.3 is 12.4 Å². The molecule has 5 radical (unpaired) electrons. The number of pyridine rings is 5. The number of hydrogen-bond acceptors (Lipinski definition) is 20. The van der Waals surface area contributed by atoms with Crippen molar-refractivity contribution in [3.05, 3.63) is 274 Å². The normalized spacial score (nSPS) is 14.3. The minimum Gasteiger partial charge on any atom is -0.512 e. The first-order valence-corrected chi connectivity index (χ1v) is 34.6. The molecule has 0 aliphatic carbocycles. The number of para-hydroxylation sites is 4. The fourth-order valence-corrected chi connectivity index (χ4v) is 9.16. The number of imidazole rings is 3. The molecule has 122 heavy (non-hydrogen) atoms. The van der Waals surface area contributed by atoms with Crippen LogP contribution >= 0.6 is 0 Å². The number of fused-ring (bicyclic) bond motifs is 3. The Morgan fingerprint density at radius 1 is 0.377 bits per heavy atom. The van der Waals surface area contributed by atoms with Crippen molar-refractivity contribution in [3.8, 4) is 34.6 Å². The summed E-state index contributed by atoms with van der Waals surface area (Å²) in [5, 5.41) is 49.3. The van der Waals surface area contributed by atoms with Gasteiger partial charge in [0.2, 0.25) is 0 Å². The van der Waals surface area contributed by atoms with Crippen molar-refractivity contribution in [2.24, 2.45) is 9.98 Å². The number of aromatic nitrogens is 11. The Balaban J connectivity index is 0. The Morgan fingerprint density at radius 2 is 0.705 bits per heavy atom. The predicted octanol–water partition coefficient (Wildman–Crippen LogP) is 17.9. The summed E-state index contributed by atoms with van der Waals surface area (Å²) in [6, 6.07) is 34.8. The topological polar surface area (TPSA) is 385 Å². The fraction of sp³-hybridized carbons (Fsp3) is 0.232. The van der Waals surface area contributed by atoms with Crippen LogP contribution in [0.5, 0.6) is 0 Å². The zero-order chi connectivity index (χ0) is 87.4. The molecule has 40 heteroatoms. The molecule has 663 valence electrons. The van der Waals surface area contributed by atoms with Crippen molar-refractivity contribution >= 4 is 73.7 Å². The molecule has 2 aliphatic rings. The number of ketones is 5. The molecule has 5 N–H and O–H groups in total. The third kappa shape index (κ3) is 40.8. The van der Waals surface area contributed by atoms with Gasteiger partial charge < -0.3 is 76.1 Å². The van der Waals surface area contributed by atoms with Gasteiger partial charge in [0.05, 0.1) is 69.3 Å². The summed E-state index contributed by atoms with van der Waals surface area (Å²) in [4.78, 5) is 103. The van der Waals surface area contributed by atoms with Crippen LogP contribution in [0.4, 0.5) is 43.9 Å². The standard InChI is InChI=1S/C13H10N3.C12H4F4N3.C12H8N3.C10H6F6N3.C10H12N3.5C5H8O2.5Ir/c1-9-6-7-14-12(8-9)13-15-10-4-2-3-5-11(10)16-13;13-6-7(14)9(16)11-10(8(6)15)18-12(19-11)5-3-1-2-4-17-5;1-2-6-10-9(5-1)14-12(15-10)11-7-3-4-8-13-11;11-9(12,13)6-7(10(14,15)16)19-8(18-6)5-3-1-2-4-17-5;1-7-8(2)13-10(12-7)9-5-3-4-6-11-9;5*1-4(6)3-5(2)7;;;;;/h2-8H,1H3;1-4H;1-8H;1-4,6-7H;3-8H,1-2H3;5*3,6H,1-2H3;;;;;/q5*-1;;;;;;;;;;. The van der Waals surface area contributed by atoms with E-state index in [1.807, 2.05) is 104 Å². The van der Waals surface area contributed by atoms with E-state index in [4.69, 9.17) is 25.5 Å². The van der Waals surface area contributed by atoms with Gasteiger partial charge in [0.1, 0.15) is 0 Å². The van der Waals surface area contributed by atoms with Crippen LogP contribution in [0.25, 0.3) is 78.3 Å². The third-order valence-electron chi connectivity index (χ3n) is 13.9. The molecule has 4 unspecified atom stereocenters. The number of halogens is 10. The van der Waals surface area contributed by atoms with Gasteiger partial charge in [0, 0.05) is 173 Å². The molecule has 4 atom stereocenters. The molecule has 0 spiro atoms. The van der Waals surface area contributed by atoms with Crippen LogP contribution in [0, 0.1) is 30.2 Å². The summed E-state index contributed by atoms with van der Waals surface area (Å²) in [5.41, 5.74) is 6.16. The molecule has 0 bridgehead atoms. The van der Waals surface area contributed by atoms with Gasteiger partial charge in [-0.2, -0.15) is 26.3 Å². The van der Waals surface area contributed by atoms with Crippen LogP contribution in [0.15, 0.2) is 234 Å². The first-order chi connectivity index (χ1) is 54.9. The summed E-state index contributed by atoms with van der Waals surface area (Å²) >= 11 is 0. The number of nitrogens with zero attached hydrogens (tertiary/aromatic N) is 15. The number of hydrogen-bond donors (Lipinski definition) is 5. The van der Waals surface area contributed by atoms with Crippen molar-refractivity contribution in [1.82, 2.24) is 54.8 Å². The zero-order valence-electron chi connectivity index (χ0n) is 66.7. The van der Waals surface area contributed by atoms with Gasteiger partial charge in [0.25, 0.3) is 0 Å². The van der Waals surface area contributed by atoms with Crippen LogP contribution in [-0.2, 0) is 124 Å². The number of carbonyl (C=O) groups is 5. The van der Waals surface area contributed by atoms with Crippen molar-refractivity contribution in [2.75, 3.05) is 0 Å². The maximum absolute atomic E-state index is 13.5. The average molecular weight is 2590 g/mol. The van der Waals surface area contributed by atoms with E-state index < -0.39 is 64.6 Å². The molecule has 10 heterocycles. The van der Waals surface area contributed by atoms with E-state index >= 15 is 0 Å². The largest absolute Gasteiger partial charge is 0.512 e. The SMILES string of the molecule is CC(=O)C=C(C)O.CC(=O)C=C(C)O.CC(=O)C=C(C)O.CC(=O)C=C(C)O.CC(=O)C=C(C)O.CC1N=C(c2ccccn2)[N-]C1C.Cc1ccnc(-c2nc3ccccc3[n-]2)c1.FC(F)(F)C1N=C(c2ccccn2)[N-]C1C(F)(F)F.Fc1c(F)c(F)c2[n-]c(-c3ccccn3)nc2c1F.[Ir].[Ir].[Ir].[Ir].[Ir].c1ccc(-c2nc3ccccc3[n-]2)nc1. The fourth-order valence-electron chi connectivity index (χ4n) is 9.16. The number of aryl methyl sites for hydroxylation is 1. The summed E-state index contributed by atoms with van der Waals surface area (Å²) in [7, 11) is 0. The van der Waals surface area contributed by atoms with E-state index in [1.54, 1.807) is 30.7 Å². The summed E-state index contributed by atoms with van der Waals surface area (Å²) in [5.74, 6) is -5.81. The molecule has 3 aromatic carbocycles. The minimum absolute atomic E-state index is 0. The number of aliphatic hydroxyl groups is 5. The predicted molar refractivity (Wildman–Crippen MR) is 422 cm³/mol. The van der Waals surface area contributed by atoms with Crippen LogP contribution in [0.2, 0.25) is 0 Å². The Labute approximate surface area is 762 Å². The Kier molecular flexibility index (Phi) is 52.2. The van der Waals surface area contributed by atoms with Crippen molar-refractivity contribution < 1.29 is 194 Å². The van der Waals surface area contributed by atoms with Gasteiger partial charge in [-0.15, -0.1) is 0 Å². The molecule has 2 aliphatic heterocycles. The molecule has 25 nitrogen and oxygen atoms in total. The van der Waals surface area contributed by atoms with Crippen LogP contribution < -0.4 is 15.0 Å². The van der Waals surface area contributed by atoms with Crippen molar-refractivity contribution in [1.29, 1.82) is 0 Å². The maximum Gasteiger partial charge on any atom is 0.391 e.